The highest BCUT2D eigenvalue weighted by atomic mass is 32.2. The van der Waals surface area contributed by atoms with Crippen molar-refractivity contribution in [3.63, 3.8) is 0 Å². The molecular formula is C22H18FN7O3S. The zero-order valence-electron chi connectivity index (χ0n) is 18.0. The number of H-pyrrole nitrogens is 1. The first-order valence-corrected chi connectivity index (χ1v) is 11.5. The van der Waals surface area contributed by atoms with Gasteiger partial charge in [-0.3, -0.25) is 4.72 Å². The number of aromatic amines is 1. The highest BCUT2D eigenvalue weighted by molar-refractivity contribution is 7.92. The summed E-state index contributed by atoms with van der Waals surface area (Å²) in [5, 5.41) is 13.0. The fourth-order valence-corrected chi connectivity index (χ4v) is 4.58. The van der Waals surface area contributed by atoms with Crippen LogP contribution in [0.5, 0.6) is 5.75 Å². The summed E-state index contributed by atoms with van der Waals surface area (Å²) in [6.07, 6.45) is 3.76. The van der Waals surface area contributed by atoms with Crippen LogP contribution in [0.2, 0.25) is 0 Å². The van der Waals surface area contributed by atoms with Crippen molar-refractivity contribution in [3.05, 3.63) is 72.3 Å². The molecule has 0 bridgehead atoms. The van der Waals surface area contributed by atoms with E-state index in [4.69, 9.17) is 4.74 Å². The number of nitrogens with zero attached hydrogens (tertiary/aromatic N) is 5. The molecule has 0 aliphatic carbocycles. The van der Waals surface area contributed by atoms with Gasteiger partial charge in [-0.2, -0.15) is 5.21 Å². The second-order valence-electron chi connectivity index (χ2n) is 7.49. The number of sulfonamides is 1. The number of halogens is 1. The predicted molar refractivity (Wildman–Crippen MR) is 122 cm³/mol. The molecule has 172 valence electrons. The number of aromatic nitrogens is 6. The zero-order valence-corrected chi connectivity index (χ0v) is 18.8. The number of hydrogen-bond acceptors (Lipinski definition) is 7. The molecule has 0 radical (unpaired) electrons. The number of aryl methyl sites for hydroxylation is 1. The summed E-state index contributed by atoms with van der Waals surface area (Å²) < 4.78 is 50.3. The van der Waals surface area contributed by atoms with Gasteiger partial charge in [0.2, 0.25) is 5.82 Å². The molecule has 0 aliphatic heterocycles. The number of benzene rings is 2. The molecule has 0 unspecified atom stereocenters. The third-order valence-corrected chi connectivity index (χ3v) is 6.55. The zero-order chi connectivity index (χ0) is 23.9. The largest absolute Gasteiger partial charge is 0.495 e. The van der Waals surface area contributed by atoms with Crippen LogP contribution in [0.15, 0.2) is 65.8 Å². The monoisotopic (exact) mass is 479 g/mol. The van der Waals surface area contributed by atoms with E-state index in [1.54, 1.807) is 18.2 Å². The summed E-state index contributed by atoms with van der Waals surface area (Å²) in [6, 6.07) is 12.3. The number of imidazole rings is 1. The first-order chi connectivity index (χ1) is 16.3. The molecule has 0 fully saturated rings. The number of pyridine rings is 1. The number of anilines is 1. The SMILES string of the molecule is COc1ccc(-c2cn3ccc(C)cc3n2)cc1NS(=O)(=O)c1ccc(F)c(-c2nn[nH]n2)c1. The van der Waals surface area contributed by atoms with Gasteiger partial charge in [0.1, 0.15) is 17.2 Å². The first kappa shape index (κ1) is 21.5. The fraction of sp³-hybridized carbons (Fsp3) is 0.0909. The van der Waals surface area contributed by atoms with Crippen molar-refractivity contribution in [2.45, 2.75) is 11.8 Å². The lowest BCUT2D eigenvalue weighted by Gasteiger charge is -2.13. The van der Waals surface area contributed by atoms with E-state index in [-0.39, 0.29) is 22.0 Å². The minimum atomic E-state index is -4.11. The highest BCUT2D eigenvalue weighted by Crippen LogP contribution is 2.33. The standard InChI is InChI=1S/C22H18FN7O3S/c1-13-7-8-30-12-19(24-21(30)9-13)14-3-6-20(33-2)18(10-14)27-34(31,32)15-4-5-17(23)16(11-15)22-25-28-29-26-22/h3-12,27H,1-2H3,(H,25,26,28,29). The topological polar surface area (TPSA) is 127 Å². The van der Waals surface area contributed by atoms with Crippen molar-refractivity contribution < 1.29 is 17.5 Å². The van der Waals surface area contributed by atoms with Crippen molar-refractivity contribution in [1.29, 1.82) is 0 Å². The van der Waals surface area contributed by atoms with E-state index in [2.05, 4.69) is 30.3 Å². The van der Waals surface area contributed by atoms with Gasteiger partial charge in [0, 0.05) is 18.0 Å². The summed E-state index contributed by atoms with van der Waals surface area (Å²) in [7, 11) is -2.68. The first-order valence-electron chi connectivity index (χ1n) is 10.0. The van der Waals surface area contributed by atoms with Crippen LogP contribution in [0.4, 0.5) is 10.1 Å². The van der Waals surface area contributed by atoms with Crippen molar-refractivity contribution in [2.75, 3.05) is 11.8 Å². The molecule has 0 aliphatic rings. The number of fused-ring (bicyclic) bond motifs is 1. The Bertz CT molecular complexity index is 1620. The molecule has 12 heteroatoms. The van der Waals surface area contributed by atoms with Gasteiger partial charge in [-0.25, -0.2) is 17.8 Å². The Morgan fingerprint density at radius 2 is 1.97 bits per heavy atom. The number of tetrazole rings is 1. The molecule has 0 atom stereocenters. The van der Waals surface area contributed by atoms with Crippen LogP contribution in [0, 0.1) is 12.7 Å². The minimum absolute atomic E-state index is 0.0591. The molecule has 0 amide bonds. The Hall–Kier alpha value is -4.32. The van der Waals surface area contributed by atoms with Crippen molar-refractivity contribution in [2.24, 2.45) is 0 Å². The van der Waals surface area contributed by atoms with Gasteiger partial charge < -0.3 is 9.14 Å². The summed E-state index contributed by atoms with van der Waals surface area (Å²) in [5.41, 5.74) is 3.30. The second-order valence-corrected chi connectivity index (χ2v) is 9.18. The van der Waals surface area contributed by atoms with E-state index in [0.717, 1.165) is 29.4 Å². The number of ether oxygens (including phenoxy) is 1. The quantitative estimate of drug-likeness (QED) is 0.382. The van der Waals surface area contributed by atoms with Crippen LogP contribution < -0.4 is 9.46 Å². The minimum Gasteiger partial charge on any atom is -0.495 e. The molecular weight excluding hydrogens is 461 g/mol. The van der Waals surface area contributed by atoms with Crippen LogP contribution in [0.3, 0.4) is 0 Å². The van der Waals surface area contributed by atoms with Crippen molar-refractivity contribution in [1.82, 2.24) is 30.0 Å². The van der Waals surface area contributed by atoms with Gasteiger partial charge in [0.05, 0.1) is 29.0 Å². The number of hydrogen-bond donors (Lipinski definition) is 2. The van der Waals surface area contributed by atoms with Crippen LogP contribution in [-0.4, -0.2) is 45.5 Å². The van der Waals surface area contributed by atoms with E-state index in [1.807, 2.05) is 35.9 Å². The molecule has 2 N–H and O–H groups in total. The molecule has 0 spiro atoms. The summed E-state index contributed by atoms with van der Waals surface area (Å²) in [6.45, 7) is 1.98. The van der Waals surface area contributed by atoms with E-state index >= 15 is 0 Å². The van der Waals surface area contributed by atoms with E-state index < -0.39 is 15.8 Å². The smallest absolute Gasteiger partial charge is 0.262 e. The van der Waals surface area contributed by atoms with Crippen molar-refractivity contribution >= 4 is 21.4 Å². The van der Waals surface area contributed by atoms with Gasteiger partial charge in [-0.1, -0.05) is 0 Å². The van der Waals surface area contributed by atoms with Crippen LogP contribution in [0.25, 0.3) is 28.3 Å². The lowest BCUT2D eigenvalue weighted by atomic mass is 10.1. The molecule has 34 heavy (non-hydrogen) atoms. The van der Waals surface area contributed by atoms with E-state index in [0.29, 0.717) is 17.0 Å². The second kappa shape index (κ2) is 8.23. The van der Waals surface area contributed by atoms with E-state index in [9.17, 15) is 12.8 Å². The van der Waals surface area contributed by atoms with Gasteiger partial charge in [-0.05, 0) is 66.2 Å². The predicted octanol–water partition coefficient (Wildman–Crippen LogP) is 3.44. The number of nitrogens with one attached hydrogen (secondary N) is 2. The van der Waals surface area contributed by atoms with Gasteiger partial charge in [0.15, 0.2) is 0 Å². The normalized spacial score (nSPS) is 11.6. The summed E-state index contributed by atoms with van der Waals surface area (Å²) in [5.74, 6) is -0.425. The average molecular weight is 479 g/mol. The molecule has 5 aromatic rings. The lowest BCUT2D eigenvalue weighted by molar-refractivity contribution is 0.417. The fourth-order valence-electron chi connectivity index (χ4n) is 3.49. The average Bonchev–Trinajstić information content (AvgIpc) is 3.49. The maximum absolute atomic E-state index is 14.3. The van der Waals surface area contributed by atoms with Gasteiger partial charge in [-0.15, -0.1) is 10.2 Å². The molecule has 0 saturated heterocycles. The Balaban J connectivity index is 1.53. The third-order valence-electron chi connectivity index (χ3n) is 5.19. The molecule has 3 aromatic heterocycles. The lowest BCUT2D eigenvalue weighted by Crippen LogP contribution is -2.14. The molecule has 2 aromatic carbocycles. The highest BCUT2D eigenvalue weighted by Gasteiger charge is 2.21. The summed E-state index contributed by atoms with van der Waals surface area (Å²) in [4.78, 5) is 4.45. The van der Waals surface area contributed by atoms with Crippen molar-refractivity contribution in [3.8, 4) is 28.4 Å². The van der Waals surface area contributed by atoms with Crippen LogP contribution >= 0.6 is 0 Å². The maximum atomic E-state index is 14.3. The maximum Gasteiger partial charge on any atom is 0.262 e. The Kier molecular flexibility index (Phi) is 5.21. The molecule has 3 heterocycles. The Labute approximate surface area is 193 Å². The number of rotatable bonds is 6. The Morgan fingerprint density at radius 3 is 2.74 bits per heavy atom. The molecule has 0 saturated carbocycles. The Morgan fingerprint density at radius 1 is 1.12 bits per heavy atom. The summed E-state index contributed by atoms with van der Waals surface area (Å²) >= 11 is 0. The van der Waals surface area contributed by atoms with E-state index in [1.165, 1.54) is 7.11 Å². The van der Waals surface area contributed by atoms with Gasteiger partial charge >= 0.3 is 0 Å². The molecule has 10 nitrogen and oxygen atoms in total. The number of methoxy groups -OCH3 is 1. The molecule has 5 rings (SSSR count). The van der Waals surface area contributed by atoms with Gasteiger partial charge in [0.25, 0.3) is 10.0 Å². The van der Waals surface area contributed by atoms with Crippen LogP contribution in [-0.2, 0) is 10.0 Å². The van der Waals surface area contributed by atoms with Crippen LogP contribution in [0.1, 0.15) is 5.56 Å². The third kappa shape index (κ3) is 3.94.